The van der Waals surface area contributed by atoms with Gasteiger partial charge in [-0.2, -0.15) is 13.2 Å². The predicted molar refractivity (Wildman–Crippen MR) is 113 cm³/mol. The Bertz CT molecular complexity index is 758. The standard InChI is InChI=1S/C24H34F4N2O/c1-16(2)23(9-8-21(13-23)30-20-6-4-3-5-7-20)22(31)29-15-18-10-17(14-25)11-19(12-18)24(26,27)28/h10-12,16,20-21,30H,3-9,13-15H2,1-2H3,(H,29,31). The monoisotopic (exact) mass is 442 g/mol. The SMILES string of the molecule is CC(C)C1(C(=O)NCc2cc(CF)cc(C(F)(F)F)c2)CCC(NC2CCCCC2)C1. The van der Waals surface area contributed by atoms with Gasteiger partial charge in [0.15, 0.2) is 0 Å². The van der Waals surface area contributed by atoms with E-state index in [0.29, 0.717) is 12.1 Å². The van der Waals surface area contributed by atoms with Crippen molar-refractivity contribution in [2.75, 3.05) is 0 Å². The number of hydrogen-bond acceptors (Lipinski definition) is 2. The lowest BCUT2D eigenvalue weighted by Gasteiger charge is -2.33. The number of alkyl halides is 4. The third-order valence-electron chi connectivity index (χ3n) is 7.17. The van der Waals surface area contributed by atoms with Gasteiger partial charge in [-0.15, -0.1) is 0 Å². The topological polar surface area (TPSA) is 41.1 Å². The molecule has 2 saturated carbocycles. The van der Waals surface area contributed by atoms with Crippen LogP contribution in [0.4, 0.5) is 17.6 Å². The summed E-state index contributed by atoms with van der Waals surface area (Å²) in [6, 6.07) is 4.01. The third-order valence-corrected chi connectivity index (χ3v) is 7.17. The van der Waals surface area contributed by atoms with Crippen LogP contribution in [0.5, 0.6) is 0 Å². The van der Waals surface area contributed by atoms with Crippen LogP contribution in [0, 0.1) is 11.3 Å². The molecule has 2 N–H and O–H groups in total. The van der Waals surface area contributed by atoms with Gasteiger partial charge in [0.25, 0.3) is 0 Å². The molecule has 0 bridgehead atoms. The van der Waals surface area contributed by atoms with Crippen LogP contribution in [0.15, 0.2) is 18.2 Å². The zero-order chi connectivity index (χ0) is 22.6. The lowest BCUT2D eigenvalue weighted by atomic mass is 9.74. The van der Waals surface area contributed by atoms with Crippen LogP contribution in [0.25, 0.3) is 0 Å². The largest absolute Gasteiger partial charge is 0.416 e. The van der Waals surface area contributed by atoms with Gasteiger partial charge in [0, 0.05) is 18.6 Å². The minimum absolute atomic E-state index is 0.0322. The maximum Gasteiger partial charge on any atom is 0.416 e. The Balaban J connectivity index is 1.66. The molecule has 2 fully saturated rings. The van der Waals surface area contributed by atoms with E-state index in [2.05, 4.69) is 10.6 Å². The Morgan fingerprint density at radius 3 is 2.35 bits per heavy atom. The van der Waals surface area contributed by atoms with E-state index in [1.807, 2.05) is 13.8 Å². The highest BCUT2D eigenvalue weighted by Gasteiger charge is 2.47. The van der Waals surface area contributed by atoms with Crippen LogP contribution >= 0.6 is 0 Å². The Hall–Kier alpha value is -1.63. The maximum absolute atomic E-state index is 13.2. The summed E-state index contributed by atoms with van der Waals surface area (Å²) in [5.41, 5.74) is -1.18. The van der Waals surface area contributed by atoms with Crippen LogP contribution in [-0.4, -0.2) is 18.0 Å². The summed E-state index contributed by atoms with van der Waals surface area (Å²) in [5.74, 6) is 0.00298. The minimum Gasteiger partial charge on any atom is -0.352 e. The summed E-state index contributed by atoms with van der Waals surface area (Å²) < 4.78 is 52.4. The number of carbonyl (C=O) groups is 1. The van der Waals surface area contributed by atoms with Crippen molar-refractivity contribution in [3.63, 3.8) is 0 Å². The van der Waals surface area contributed by atoms with E-state index in [0.717, 1.165) is 31.4 Å². The van der Waals surface area contributed by atoms with Gasteiger partial charge in [-0.1, -0.05) is 39.2 Å². The van der Waals surface area contributed by atoms with Crippen LogP contribution in [-0.2, 0) is 24.2 Å². The summed E-state index contributed by atoms with van der Waals surface area (Å²) in [7, 11) is 0. The van der Waals surface area contributed by atoms with Crippen LogP contribution in [0.3, 0.4) is 0 Å². The molecule has 31 heavy (non-hydrogen) atoms. The van der Waals surface area contributed by atoms with Gasteiger partial charge in [-0.05, 0) is 61.3 Å². The quantitative estimate of drug-likeness (QED) is 0.516. The highest BCUT2D eigenvalue weighted by Crippen LogP contribution is 2.45. The average molecular weight is 443 g/mol. The molecule has 0 radical (unpaired) electrons. The molecule has 2 atom stereocenters. The molecule has 0 heterocycles. The molecule has 1 amide bonds. The van der Waals surface area contributed by atoms with Crippen molar-refractivity contribution in [3.05, 3.63) is 34.9 Å². The van der Waals surface area contributed by atoms with Crippen molar-refractivity contribution in [3.8, 4) is 0 Å². The van der Waals surface area contributed by atoms with E-state index in [9.17, 15) is 22.4 Å². The second kappa shape index (κ2) is 9.88. The molecule has 3 rings (SSSR count). The molecule has 174 valence electrons. The number of nitrogens with one attached hydrogen (secondary N) is 2. The first-order chi connectivity index (χ1) is 14.6. The summed E-state index contributed by atoms with van der Waals surface area (Å²) in [6.45, 7) is 3.06. The average Bonchev–Trinajstić information content (AvgIpc) is 3.17. The number of halogens is 4. The zero-order valence-corrected chi connectivity index (χ0v) is 18.5. The van der Waals surface area contributed by atoms with Crippen molar-refractivity contribution in [2.45, 2.75) is 96.7 Å². The van der Waals surface area contributed by atoms with E-state index < -0.39 is 23.8 Å². The second-order valence-electron chi connectivity index (χ2n) is 9.60. The number of rotatable bonds is 7. The number of benzene rings is 1. The Kier molecular flexibility index (Phi) is 7.66. The van der Waals surface area contributed by atoms with Gasteiger partial charge >= 0.3 is 6.18 Å². The third kappa shape index (κ3) is 5.79. The van der Waals surface area contributed by atoms with Crippen LogP contribution < -0.4 is 10.6 Å². The molecule has 0 spiro atoms. The molecule has 1 aromatic carbocycles. The van der Waals surface area contributed by atoms with Gasteiger partial charge < -0.3 is 10.6 Å². The molecule has 1 aromatic rings. The lowest BCUT2D eigenvalue weighted by Crippen LogP contribution is -2.45. The molecule has 2 aliphatic carbocycles. The van der Waals surface area contributed by atoms with Crippen molar-refractivity contribution in [1.82, 2.24) is 10.6 Å². The Labute approximate surface area is 182 Å². The van der Waals surface area contributed by atoms with Gasteiger partial charge in [-0.3, -0.25) is 4.79 Å². The fraction of sp³-hybridized carbons (Fsp3) is 0.708. The fourth-order valence-corrected chi connectivity index (χ4v) is 5.28. The summed E-state index contributed by atoms with van der Waals surface area (Å²) in [4.78, 5) is 13.2. The summed E-state index contributed by atoms with van der Waals surface area (Å²) in [5, 5.41) is 6.61. The van der Waals surface area contributed by atoms with Crippen molar-refractivity contribution >= 4 is 5.91 Å². The molecule has 0 aliphatic heterocycles. The normalized spacial score (nSPS) is 25.2. The van der Waals surface area contributed by atoms with Crippen molar-refractivity contribution < 1.29 is 22.4 Å². The first-order valence-corrected chi connectivity index (χ1v) is 11.4. The molecule has 0 saturated heterocycles. The Morgan fingerprint density at radius 2 is 1.74 bits per heavy atom. The molecule has 7 heteroatoms. The summed E-state index contributed by atoms with van der Waals surface area (Å²) >= 11 is 0. The van der Waals surface area contributed by atoms with E-state index in [-0.39, 0.29) is 29.5 Å². The van der Waals surface area contributed by atoms with Gasteiger partial charge in [0.1, 0.15) is 6.67 Å². The highest BCUT2D eigenvalue weighted by atomic mass is 19.4. The Morgan fingerprint density at radius 1 is 1.06 bits per heavy atom. The van der Waals surface area contributed by atoms with E-state index in [1.54, 1.807) is 0 Å². The van der Waals surface area contributed by atoms with Gasteiger partial charge in [0.2, 0.25) is 5.91 Å². The van der Waals surface area contributed by atoms with Crippen molar-refractivity contribution in [2.24, 2.45) is 11.3 Å². The molecular formula is C24H34F4N2O. The highest BCUT2D eigenvalue weighted by molar-refractivity contribution is 5.83. The van der Waals surface area contributed by atoms with Crippen LogP contribution in [0.2, 0.25) is 0 Å². The molecule has 3 nitrogen and oxygen atoms in total. The molecule has 2 unspecified atom stereocenters. The smallest absolute Gasteiger partial charge is 0.352 e. The van der Waals surface area contributed by atoms with E-state index in [1.165, 1.54) is 38.2 Å². The molecule has 2 aliphatic rings. The maximum atomic E-state index is 13.2. The second-order valence-corrected chi connectivity index (χ2v) is 9.60. The van der Waals surface area contributed by atoms with Gasteiger partial charge in [0.05, 0.1) is 11.0 Å². The van der Waals surface area contributed by atoms with Gasteiger partial charge in [-0.25, -0.2) is 4.39 Å². The number of hydrogen-bond donors (Lipinski definition) is 2. The molecule has 0 aromatic heterocycles. The minimum atomic E-state index is -4.55. The fourth-order valence-electron chi connectivity index (χ4n) is 5.28. The number of amides is 1. The molecular weight excluding hydrogens is 408 g/mol. The number of carbonyl (C=O) groups excluding carboxylic acids is 1. The first-order valence-electron chi connectivity index (χ1n) is 11.4. The zero-order valence-electron chi connectivity index (χ0n) is 18.5. The van der Waals surface area contributed by atoms with E-state index in [4.69, 9.17) is 0 Å². The van der Waals surface area contributed by atoms with E-state index >= 15 is 0 Å². The first kappa shape index (κ1) is 24.0. The van der Waals surface area contributed by atoms with Crippen molar-refractivity contribution in [1.29, 1.82) is 0 Å². The summed E-state index contributed by atoms with van der Waals surface area (Å²) in [6.07, 6.45) is 4.04. The van der Waals surface area contributed by atoms with Crippen LogP contribution in [0.1, 0.15) is 81.9 Å². The predicted octanol–water partition coefficient (Wildman–Crippen LogP) is 5.91. The lowest BCUT2D eigenvalue weighted by molar-refractivity contribution is -0.137.